The molecule has 0 unspecified atom stereocenters. The Labute approximate surface area is 49.9 Å². The summed E-state index contributed by atoms with van der Waals surface area (Å²) in [7, 11) is 0. The van der Waals surface area contributed by atoms with Crippen LogP contribution in [0.2, 0.25) is 0 Å². The molecule has 0 rings (SSSR count). The van der Waals surface area contributed by atoms with E-state index in [9.17, 15) is 0 Å². The second-order valence-electron chi connectivity index (χ2n) is 0. The van der Waals surface area contributed by atoms with Crippen LogP contribution < -0.4 is 6.15 Å². The number of hydrogen-bond acceptors (Lipinski definition) is 3. The summed E-state index contributed by atoms with van der Waals surface area (Å²) in [6.07, 6.45) is 0. The van der Waals surface area contributed by atoms with Crippen molar-refractivity contribution in [3.05, 3.63) is 13.1 Å². The first-order valence-corrected chi connectivity index (χ1v) is 0.447. The quantitative estimate of drug-likeness (QED) is 0.383. The van der Waals surface area contributed by atoms with Gasteiger partial charge in [0.2, 0.25) is 0 Å². The van der Waals surface area contributed by atoms with Crippen molar-refractivity contribution in [3.8, 4) is 0 Å². The zero-order valence-corrected chi connectivity index (χ0v) is 6.28. The van der Waals surface area contributed by atoms with E-state index in [1.165, 1.54) is 0 Å². The minimum atomic E-state index is 0. The van der Waals surface area contributed by atoms with E-state index in [2.05, 4.69) is 0 Å². The molecule has 6 heavy (non-hydrogen) atoms. The molecule has 0 aromatic carbocycles. The molecule has 0 radical (unpaired) electrons. The average molecular weight is 134 g/mol. The summed E-state index contributed by atoms with van der Waals surface area (Å²) in [6.45, 7) is 9.50. The summed E-state index contributed by atoms with van der Waals surface area (Å²) in [6, 6.07) is 0. The van der Waals surface area contributed by atoms with Crippen LogP contribution in [0.3, 0.4) is 0 Å². The summed E-state index contributed by atoms with van der Waals surface area (Å²) >= 11 is 0. The van der Waals surface area contributed by atoms with Gasteiger partial charge >= 0.3 is 19.5 Å². The number of nitrogens with zero attached hydrogens (tertiary/aromatic N) is 2. The van der Waals surface area contributed by atoms with Crippen molar-refractivity contribution in [2.45, 2.75) is 0 Å². The molecule has 4 heteroatoms. The molecule has 0 heterocycles. The van der Waals surface area contributed by atoms with Crippen molar-refractivity contribution in [2.75, 3.05) is 0 Å². The van der Waals surface area contributed by atoms with E-state index in [-0.39, 0.29) is 25.6 Å². The van der Waals surface area contributed by atoms with Gasteiger partial charge in [0, 0.05) is 0 Å². The summed E-state index contributed by atoms with van der Waals surface area (Å²) in [5, 5.41) is 12.5. The number of rotatable bonds is 0. The SMILES string of the molecule is N.[C-]#N.[C-]#N.[Zn+2]. The molecule has 3 N–H and O–H groups in total. The maximum absolute atomic E-state index is 6.25. The van der Waals surface area contributed by atoms with Gasteiger partial charge < -0.3 is 29.8 Å². The third-order valence-electron chi connectivity index (χ3n) is 0. The maximum atomic E-state index is 6.25. The molecule has 0 aliphatic rings. The van der Waals surface area contributed by atoms with Crippen molar-refractivity contribution in [2.24, 2.45) is 0 Å². The first-order valence-electron chi connectivity index (χ1n) is 0.447. The molecule has 0 amide bonds. The fourth-order valence-corrected chi connectivity index (χ4v) is 0. The van der Waals surface area contributed by atoms with Crippen molar-refractivity contribution < 1.29 is 19.5 Å². The van der Waals surface area contributed by atoms with Crippen molar-refractivity contribution in [3.63, 3.8) is 0 Å². The van der Waals surface area contributed by atoms with E-state index in [1.807, 2.05) is 0 Å². The van der Waals surface area contributed by atoms with Gasteiger partial charge in [-0.3, -0.25) is 0 Å². The Kier molecular flexibility index (Phi) is 2400. The smallest absolute Gasteiger partial charge is 0.512 e. The molecule has 0 saturated heterocycles. The largest absolute Gasteiger partial charge is 2.00 e. The molecular weight excluding hydrogens is 131 g/mol. The van der Waals surface area contributed by atoms with Crippen molar-refractivity contribution in [1.82, 2.24) is 6.15 Å². The van der Waals surface area contributed by atoms with Gasteiger partial charge in [-0.1, -0.05) is 0 Å². The molecule has 28 valence electrons. The zero-order chi connectivity index (χ0) is 4.00. The molecule has 0 aromatic heterocycles. The molecule has 0 aliphatic heterocycles. The van der Waals surface area contributed by atoms with Gasteiger partial charge in [0.1, 0.15) is 0 Å². The molecule has 0 fully saturated rings. The molecule has 0 bridgehead atoms. The predicted octanol–water partition coefficient (Wildman–Crippen LogP) is 0.352. The van der Waals surface area contributed by atoms with E-state index in [0.29, 0.717) is 0 Å². The normalized spacial score (nSPS) is 0.667. The summed E-state index contributed by atoms with van der Waals surface area (Å²) in [5.74, 6) is 0. The second-order valence-corrected chi connectivity index (χ2v) is 0. The Balaban J connectivity index is -0.00000000500. The first-order chi connectivity index (χ1) is 2.00. The predicted molar refractivity (Wildman–Crippen MR) is 15.0 cm³/mol. The zero-order valence-electron chi connectivity index (χ0n) is 3.31. The van der Waals surface area contributed by atoms with Crippen LogP contribution in [0.1, 0.15) is 0 Å². The standard InChI is InChI=1S/2CN.H3N.Zn/c2*1-2;;/h;;1H3;/q2*-1;;+2. The topological polar surface area (TPSA) is 82.6 Å². The van der Waals surface area contributed by atoms with Crippen LogP contribution in [-0.4, -0.2) is 0 Å². The fraction of sp³-hybridized carbons (Fsp3) is 0. The van der Waals surface area contributed by atoms with Gasteiger partial charge in [-0.2, -0.15) is 0 Å². The van der Waals surface area contributed by atoms with Crippen LogP contribution in [0, 0.1) is 23.7 Å². The Morgan fingerprint density at radius 3 is 0.833 bits per heavy atom. The van der Waals surface area contributed by atoms with Crippen LogP contribution >= 0.6 is 0 Å². The van der Waals surface area contributed by atoms with Gasteiger partial charge in [0.15, 0.2) is 0 Å². The summed E-state index contributed by atoms with van der Waals surface area (Å²) < 4.78 is 0. The van der Waals surface area contributed by atoms with Crippen LogP contribution in [0.4, 0.5) is 0 Å². The Hall–Kier alpha value is -0.437. The number of hydrogen-bond donors (Lipinski definition) is 1. The van der Waals surface area contributed by atoms with E-state index in [4.69, 9.17) is 23.7 Å². The summed E-state index contributed by atoms with van der Waals surface area (Å²) in [5.41, 5.74) is 0. The monoisotopic (exact) mass is 133 g/mol. The fourth-order valence-electron chi connectivity index (χ4n) is 0. The average Bonchev–Trinajstić information content (AvgIpc) is 1.50. The molecule has 3 nitrogen and oxygen atoms in total. The van der Waals surface area contributed by atoms with E-state index < -0.39 is 0 Å². The van der Waals surface area contributed by atoms with Gasteiger partial charge in [-0.05, 0) is 0 Å². The minimum Gasteiger partial charge on any atom is -0.512 e. The molecule has 0 aliphatic carbocycles. The summed E-state index contributed by atoms with van der Waals surface area (Å²) in [4.78, 5) is 0. The van der Waals surface area contributed by atoms with Crippen LogP contribution in [0.15, 0.2) is 0 Å². The Morgan fingerprint density at radius 2 is 0.833 bits per heavy atom. The van der Waals surface area contributed by atoms with Crippen LogP contribution in [-0.2, 0) is 19.5 Å². The first kappa shape index (κ1) is 47.4. The van der Waals surface area contributed by atoms with Crippen LogP contribution in [0.5, 0.6) is 0 Å². The van der Waals surface area contributed by atoms with Gasteiger partial charge in [0.25, 0.3) is 0 Å². The molecule has 0 atom stereocenters. The van der Waals surface area contributed by atoms with E-state index in [0.717, 1.165) is 0 Å². The van der Waals surface area contributed by atoms with Gasteiger partial charge in [-0.25, -0.2) is 0 Å². The Bertz CT molecular complexity index is 24.3. The van der Waals surface area contributed by atoms with E-state index >= 15 is 0 Å². The minimum absolute atomic E-state index is 0. The van der Waals surface area contributed by atoms with Gasteiger partial charge in [-0.15, -0.1) is 0 Å². The van der Waals surface area contributed by atoms with Crippen molar-refractivity contribution in [1.29, 1.82) is 10.5 Å². The second kappa shape index (κ2) is 304. The van der Waals surface area contributed by atoms with Crippen LogP contribution in [0.25, 0.3) is 0 Å². The molecular formula is C2H3N3Zn. The third-order valence-corrected chi connectivity index (χ3v) is 0. The van der Waals surface area contributed by atoms with Crippen molar-refractivity contribution >= 4 is 0 Å². The Morgan fingerprint density at radius 1 is 0.833 bits per heavy atom. The van der Waals surface area contributed by atoms with E-state index in [1.54, 1.807) is 0 Å². The molecule has 0 saturated carbocycles. The molecule has 0 aromatic rings. The molecule has 0 spiro atoms. The maximum Gasteiger partial charge on any atom is 2.00 e. The third kappa shape index (κ3) is 123. The van der Waals surface area contributed by atoms with Gasteiger partial charge in [0.05, 0.1) is 0 Å².